The lowest BCUT2D eigenvalue weighted by atomic mass is 10.0. The van der Waals surface area contributed by atoms with Crippen LogP contribution in [0, 0.1) is 0 Å². The van der Waals surface area contributed by atoms with Crippen molar-refractivity contribution in [3.05, 3.63) is 17.0 Å². The Kier molecular flexibility index (Phi) is 6.22. The summed E-state index contributed by atoms with van der Waals surface area (Å²) in [6, 6.07) is 0. The van der Waals surface area contributed by atoms with Crippen molar-refractivity contribution >= 4 is 5.78 Å². The predicted molar refractivity (Wildman–Crippen MR) is 76.7 cm³/mol. The van der Waals surface area contributed by atoms with Crippen LogP contribution in [-0.2, 0) is 24.1 Å². The molecule has 108 valence electrons. The van der Waals surface area contributed by atoms with Crippen molar-refractivity contribution in [2.75, 3.05) is 6.61 Å². The molecule has 4 nitrogen and oxygen atoms in total. The molecule has 0 atom stereocenters. The van der Waals surface area contributed by atoms with Gasteiger partial charge in [0, 0.05) is 12.1 Å². The van der Waals surface area contributed by atoms with E-state index in [4.69, 9.17) is 4.74 Å². The second-order valence-corrected chi connectivity index (χ2v) is 4.89. The van der Waals surface area contributed by atoms with Gasteiger partial charge in [-0.25, -0.2) is 0 Å². The van der Waals surface area contributed by atoms with Crippen molar-refractivity contribution in [3.63, 3.8) is 0 Å². The van der Waals surface area contributed by atoms with Crippen LogP contribution >= 0.6 is 0 Å². The number of hydrogen-bond donors (Lipinski definition) is 0. The molecule has 0 spiro atoms. The van der Waals surface area contributed by atoms with Gasteiger partial charge in [-0.1, -0.05) is 20.8 Å². The first-order valence-electron chi connectivity index (χ1n) is 7.28. The Bertz CT molecular complexity index is 422. The molecule has 0 N–H and O–H groups in total. The van der Waals surface area contributed by atoms with Crippen LogP contribution < -0.4 is 0 Å². The van der Waals surface area contributed by atoms with Gasteiger partial charge >= 0.3 is 0 Å². The molecule has 0 bridgehead atoms. The second-order valence-electron chi connectivity index (χ2n) is 4.89. The average molecular weight is 266 g/mol. The number of carbonyl (C=O) groups is 1. The molecular weight excluding hydrogens is 240 g/mol. The van der Waals surface area contributed by atoms with Crippen LogP contribution in [0.2, 0.25) is 0 Å². The Morgan fingerprint density at radius 2 is 1.95 bits per heavy atom. The molecule has 0 unspecified atom stereocenters. The van der Waals surface area contributed by atoms with Crippen molar-refractivity contribution in [2.45, 2.75) is 66.5 Å². The third-order valence-corrected chi connectivity index (χ3v) is 3.15. The minimum atomic E-state index is 0.199. The van der Waals surface area contributed by atoms with Crippen molar-refractivity contribution in [1.29, 1.82) is 0 Å². The highest BCUT2D eigenvalue weighted by Gasteiger charge is 2.20. The van der Waals surface area contributed by atoms with Crippen LogP contribution in [-0.4, -0.2) is 28.3 Å². The van der Waals surface area contributed by atoms with Crippen molar-refractivity contribution < 1.29 is 9.53 Å². The summed E-state index contributed by atoms with van der Waals surface area (Å²) in [5.74, 6) is 0.199. The minimum Gasteiger partial charge on any atom is -0.377 e. The summed E-state index contributed by atoms with van der Waals surface area (Å²) >= 11 is 0. The maximum absolute atomic E-state index is 12.1. The summed E-state index contributed by atoms with van der Waals surface area (Å²) in [7, 11) is 0. The zero-order valence-corrected chi connectivity index (χ0v) is 12.8. The first kappa shape index (κ1) is 15.9. The summed E-state index contributed by atoms with van der Waals surface area (Å²) < 4.78 is 7.52. The second kappa shape index (κ2) is 7.43. The van der Waals surface area contributed by atoms with Crippen LogP contribution in [0.3, 0.4) is 0 Å². The normalized spacial score (nSPS) is 11.3. The lowest BCUT2D eigenvalue weighted by Crippen LogP contribution is -2.14. The third-order valence-electron chi connectivity index (χ3n) is 3.15. The summed E-state index contributed by atoms with van der Waals surface area (Å²) in [5, 5.41) is 4.58. The number of hydrogen-bond acceptors (Lipinski definition) is 3. The van der Waals surface area contributed by atoms with Crippen LogP contribution in [0.25, 0.3) is 0 Å². The Labute approximate surface area is 116 Å². The summed E-state index contributed by atoms with van der Waals surface area (Å²) in [6.07, 6.45) is 2.39. The van der Waals surface area contributed by atoms with Crippen molar-refractivity contribution in [3.8, 4) is 0 Å². The largest absolute Gasteiger partial charge is 0.377 e. The number of rotatable bonds is 8. The van der Waals surface area contributed by atoms with E-state index < -0.39 is 0 Å². The van der Waals surface area contributed by atoms with Gasteiger partial charge in [0.2, 0.25) is 0 Å². The van der Waals surface area contributed by atoms with E-state index in [2.05, 4.69) is 12.0 Å². The van der Waals surface area contributed by atoms with Gasteiger partial charge in [-0.2, -0.15) is 5.10 Å². The Morgan fingerprint density at radius 1 is 1.26 bits per heavy atom. The lowest BCUT2D eigenvalue weighted by molar-refractivity contribution is 0.0704. The van der Waals surface area contributed by atoms with E-state index in [1.54, 1.807) is 0 Å². The minimum absolute atomic E-state index is 0.199. The van der Waals surface area contributed by atoms with Crippen LogP contribution in [0.5, 0.6) is 0 Å². The zero-order chi connectivity index (χ0) is 14.4. The summed E-state index contributed by atoms with van der Waals surface area (Å²) in [5.41, 5.74) is 2.82. The molecule has 0 amide bonds. The maximum atomic E-state index is 12.1. The number of aromatic nitrogens is 2. The molecule has 0 radical (unpaired) electrons. The van der Waals surface area contributed by atoms with Gasteiger partial charge < -0.3 is 4.74 Å². The van der Waals surface area contributed by atoms with Gasteiger partial charge in [-0.15, -0.1) is 0 Å². The van der Waals surface area contributed by atoms with Crippen molar-refractivity contribution in [1.82, 2.24) is 9.78 Å². The standard InChI is InChI=1S/C15H26N2O2/c1-6-12-15(14(18)8-3)13(7-2)17(16-12)9-10-19-11(4)5/h11H,6-10H2,1-5H3. The lowest BCUT2D eigenvalue weighted by Gasteiger charge is -2.10. The zero-order valence-electron chi connectivity index (χ0n) is 12.8. The molecule has 1 aromatic rings. The molecule has 0 saturated heterocycles. The fourth-order valence-electron chi connectivity index (χ4n) is 2.22. The predicted octanol–water partition coefficient (Wildman–Crippen LogP) is 3.03. The fourth-order valence-corrected chi connectivity index (χ4v) is 2.22. The molecule has 0 fully saturated rings. The number of carbonyl (C=O) groups excluding carboxylic acids is 1. The molecule has 1 aromatic heterocycles. The maximum Gasteiger partial charge on any atom is 0.166 e. The molecule has 19 heavy (non-hydrogen) atoms. The molecule has 0 aliphatic carbocycles. The molecule has 0 saturated carbocycles. The number of ketones is 1. The smallest absolute Gasteiger partial charge is 0.166 e. The molecular formula is C15H26N2O2. The van der Waals surface area contributed by atoms with Gasteiger partial charge in [-0.05, 0) is 26.7 Å². The Balaban J connectivity index is 2.98. The van der Waals surface area contributed by atoms with Gasteiger partial charge in [0.1, 0.15) is 0 Å². The molecule has 4 heteroatoms. The van der Waals surface area contributed by atoms with E-state index >= 15 is 0 Å². The molecule has 0 aliphatic heterocycles. The van der Waals surface area contributed by atoms with E-state index in [9.17, 15) is 4.79 Å². The average Bonchev–Trinajstić information content (AvgIpc) is 2.75. The summed E-state index contributed by atoms with van der Waals surface area (Å²) in [6.45, 7) is 11.4. The first-order valence-corrected chi connectivity index (χ1v) is 7.28. The van der Waals surface area contributed by atoms with E-state index in [0.717, 1.165) is 29.8 Å². The van der Waals surface area contributed by atoms with E-state index in [0.29, 0.717) is 19.6 Å². The van der Waals surface area contributed by atoms with E-state index in [1.165, 1.54) is 0 Å². The highest BCUT2D eigenvalue weighted by atomic mass is 16.5. The van der Waals surface area contributed by atoms with Crippen LogP contribution in [0.4, 0.5) is 0 Å². The van der Waals surface area contributed by atoms with E-state index in [-0.39, 0.29) is 11.9 Å². The highest BCUT2D eigenvalue weighted by Crippen LogP contribution is 2.18. The van der Waals surface area contributed by atoms with E-state index in [1.807, 2.05) is 32.4 Å². The molecule has 0 aliphatic rings. The van der Waals surface area contributed by atoms with Crippen molar-refractivity contribution in [2.24, 2.45) is 0 Å². The topological polar surface area (TPSA) is 44.1 Å². The SMILES string of the molecule is CCC(=O)c1c(CC)nn(CCOC(C)C)c1CC. The molecule has 1 rings (SSSR count). The number of aryl methyl sites for hydroxylation is 1. The quantitative estimate of drug-likeness (QED) is 0.679. The monoisotopic (exact) mass is 266 g/mol. The number of ether oxygens (including phenoxy) is 1. The van der Waals surface area contributed by atoms with Crippen LogP contribution in [0.1, 0.15) is 62.8 Å². The Morgan fingerprint density at radius 3 is 2.42 bits per heavy atom. The van der Waals surface area contributed by atoms with Gasteiger partial charge in [0.05, 0.1) is 30.5 Å². The molecule has 1 heterocycles. The third kappa shape index (κ3) is 3.90. The van der Waals surface area contributed by atoms with Gasteiger partial charge in [-0.3, -0.25) is 9.48 Å². The van der Waals surface area contributed by atoms with Gasteiger partial charge in [0.15, 0.2) is 5.78 Å². The van der Waals surface area contributed by atoms with Gasteiger partial charge in [0.25, 0.3) is 0 Å². The number of nitrogens with zero attached hydrogens (tertiary/aromatic N) is 2. The molecule has 0 aromatic carbocycles. The highest BCUT2D eigenvalue weighted by molar-refractivity contribution is 5.98. The number of Topliss-reactive ketones (excluding diaryl/α,β-unsaturated/α-hetero) is 1. The fraction of sp³-hybridized carbons (Fsp3) is 0.733. The summed E-state index contributed by atoms with van der Waals surface area (Å²) in [4.78, 5) is 12.1. The Hall–Kier alpha value is -1.16. The first-order chi connectivity index (χ1) is 9.04. The van der Waals surface area contributed by atoms with Crippen LogP contribution in [0.15, 0.2) is 0 Å².